The maximum Gasteiger partial charge on any atom is 0.173 e. The summed E-state index contributed by atoms with van der Waals surface area (Å²) in [5, 5.41) is 24.0. The SMILES string of the molecule is Cc1cccc(CN2CCn3nnnc3[C@@H]2c2ccc(F)cc2)c1.Fc1ccc(CN2CCn3nnnc3[C@@H]2c2cccc(F)c2)cc1. The van der Waals surface area contributed by atoms with Crippen molar-refractivity contribution in [1.82, 2.24) is 50.2 Å². The van der Waals surface area contributed by atoms with Gasteiger partial charge in [0.1, 0.15) is 17.5 Å². The summed E-state index contributed by atoms with van der Waals surface area (Å²) in [5.74, 6) is 0.704. The molecule has 2 atom stereocenters. The highest BCUT2D eigenvalue weighted by Crippen LogP contribution is 2.33. The number of hydrogen-bond donors (Lipinski definition) is 0. The van der Waals surface area contributed by atoms with E-state index in [0.29, 0.717) is 18.9 Å². The molecule has 244 valence electrons. The molecule has 4 aromatic carbocycles. The van der Waals surface area contributed by atoms with Crippen LogP contribution >= 0.6 is 0 Å². The molecule has 13 heteroatoms. The van der Waals surface area contributed by atoms with Crippen molar-refractivity contribution >= 4 is 0 Å². The summed E-state index contributed by atoms with van der Waals surface area (Å²) in [5.41, 5.74) is 5.28. The number of benzene rings is 4. The number of aryl methyl sites for hydroxylation is 1. The normalized spacial score (nSPS) is 17.7. The summed E-state index contributed by atoms with van der Waals surface area (Å²) >= 11 is 0. The van der Waals surface area contributed by atoms with Gasteiger partial charge in [0.05, 0.1) is 25.2 Å². The molecule has 0 amide bonds. The zero-order valence-corrected chi connectivity index (χ0v) is 26.2. The highest BCUT2D eigenvalue weighted by Gasteiger charge is 2.33. The minimum atomic E-state index is -0.293. The lowest BCUT2D eigenvalue weighted by Crippen LogP contribution is -2.39. The fourth-order valence-corrected chi connectivity index (χ4v) is 6.42. The molecule has 6 aromatic rings. The van der Waals surface area contributed by atoms with Crippen LogP contribution < -0.4 is 0 Å². The maximum absolute atomic E-state index is 13.7. The molecule has 0 spiro atoms. The number of hydrogen-bond acceptors (Lipinski definition) is 8. The Bertz CT molecular complexity index is 1980. The maximum atomic E-state index is 13.7. The lowest BCUT2D eigenvalue weighted by atomic mass is 10.0. The first-order chi connectivity index (χ1) is 23.4. The van der Waals surface area contributed by atoms with E-state index in [1.54, 1.807) is 22.9 Å². The Kier molecular flexibility index (Phi) is 9.03. The molecule has 0 N–H and O–H groups in total. The molecule has 2 aromatic heterocycles. The fourth-order valence-electron chi connectivity index (χ4n) is 6.42. The molecule has 2 aliphatic rings. The van der Waals surface area contributed by atoms with E-state index in [0.717, 1.165) is 48.7 Å². The van der Waals surface area contributed by atoms with E-state index in [1.807, 2.05) is 22.9 Å². The number of nitrogens with zero attached hydrogens (tertiary/aromatic N) is 10. The van der Waals surface area contributed by atoms with Gasteiger partial charge in [-0.1, -0.05) is 66.2 Å². The van der Waals surface area contributed by atoms with Crippen molar-refractivity contribution in [3.8, 4) is 0 Å². The van der Waals surface area contributed by atoms with E-state index in [-0.39, 0.29) is 29.5 Å². The lowest BCUT2D eigenvalue weighted by molar-refractivity contribution is 0.163. The van der Waals surface area contributed by atoms with Crippen molar-refractivity contribution in [1.29, 1.82) is 0 Å². The predicted molar refractivity (Wildman–Crippen MR) is 171 cm³/mol. The summed E-state index contributed by atoms with van der Waals surface area (Å²) in [6.45, 7) is 6.48. The van der Waals surface area contributed by atoms with Crippen LogP contribution in [0.5, 0.6) is 0 Å². The first-order valence-electron chi connectivity index (χ1n) is 15.7. The van der Waals surface area contributed by atoms with Gasteiger partial charge in [0.25, 0.3) is 0 Å². The number of rotatable bonds is 6. The van der Waals surface area contributed by atoms with Gasteiger partial charge in [-0.25, -0.2) is 22.5 Å². The summed E-state index contributed by atoms with van der Waals surface area (Å²) in [4.78, 5) is 4.52. The molecule has 0 bridgehead atoms. The van der Waals surface area contributed by atoms with Gasteiger partial charge in [-0.15, -0.1) is 10.2 Å². The van der Waals surface area contributed by atoms with Gasteiger partial charge in [0.2, 0.25) is 0 Å². The zero-order chi connectivity index (χ0) is 33.0. The first kappa shape index (κ1) is 31.3. The second-order valence-corrected chi connectivity index (χ2v) is 12.0. The number of fused-ring (bicyclic) bond motifs is 2. The first-order valence-corrected chi connectivity index (χ1v) is 15.7. The van der Waals surface area contributed by atoms with Crippen molar-refractivity contribution < 1.29 is 13.2 Å². The molecule has 0 fully saturated rings. The van der Waals surface area contributed by atoms with Crippen molar-refractivity contribution in [3.63, 3.8) is 0 Å². The monoisotopic (exact) mass is 650 g/mol. The van der Waals surface area contributed by atoms with Crippen LogP contribution in [0.25, 0.3) is 0 Å². The van der Waals surface area contributed by atoms with Crippen LogP contribution in [0.1, 0.15) is 51.5 Å². The Morgan fingerprint density at radius 2 is 1.12 bits per heavy atom. The Balaban J connectivity index is 0.000000152. The van der Waals surface area contributed by atoms with E-state index in [9.17, 15) is 13.2 Å². The molecular weight excluding hydrogens is 617 g/mol. The van der Waals surface area contributed by atoms with Crippen molar-refractivity contribution in [2.45, 2.75) is 45.2 Å². The van der Waals surface area contributed by atoms with Crippen molar-refractivity contribution in [2.24, 2.45) is 0 Å². The quantitative estimate of drug-likeness (QED) is 0.241. The topological polar surface area (TPSA) is 93.7 Å². The van der Waals surface area contributed by atoms with E-state index in [4.69, 9.17) is 0 Å². The van der Waals surface area contributed by atoms with Gasteiger partial charge in [-0.3, -0.25) is 9.80 Å². The molecule has 0 radical (unpaired) electrons. The average Bonchev–Trinajstić information content (AvgIpc) is 3.77. The van der Waals surface area contributed by atoms with Crippen LogP contribution in [0, 0.1) is 24.4 Å². The van der Waals surface area contributed by atoms with Gasteiger partial charge in [0, 0.05) is 26.2 Å². The lowest BCUT2D eigenvalue weighted by Gasteiger charge is -2.35. The van der Waals surface area contributed by atoms with Crippen LogP contribution in [0.15, 0.2) is 97.1 Å². The van der Waals surface area contributed by atoms with Crippen LogP contribution in [0.2, 0.25) is 0 Å². The molecule has 48 heavy (non-hydrogen) atoms. The molecule has 0 saturated carbocycles. The highest BCUT2D eigenvalue weighted by molar-refractivity contribution is 5.29. The Morgan fingerprint density at radius 1 is 0.562 bits per heavy atom. The molecule has 10 nitrogen and oxygen atoms in total. The Morgan fingerprint density at radius 3 is 1.73 bits per heavy atom. The summed E-state index contributed by atoms with van der Waals surface area (Å²) < 4.78 is 43.7. The Labute approximate surface area is 275 Å². The number of tetrazole rings is 2. The summed E-state index contributed by atoms with van der Waals surface area (Å²) in [6, 6.07) is 27.7. The van der Waals surface area contributed by atoms with Crippen molar-refractivity contribution in [3.05, 3.63) is 154 Å². The molecule has 0 aliphatic carbocycles. The fraction of sp³-hybridized carbons (Fsp3) is 0.257. The molecular formula is C35H33F3N10. The van der Waals surface area contributed by atoms with Gasteiger partial charge >= 0.3 is 0 Å². The molecule has 4 heterocycles. The zero-order valence-electron chi connectivity index (χ0n) is 26.2. The minimum Gasteiger partial charge on any atom is -0.284 e. The van der Waals surface area contributed by atoms with Crippen LogP contribution in [0.3, 0.4) is 0 Å². The van der Waals surface area contributed by atoms with E-state index in [1.165, 1.54) is 47.5 Å². The summed E-state index contributed by atoms with van der Waals surface area (Å²) in [7, 11) is 0. The molecule has 2 aliphatic heterocycles. The van der Waals surface area contributed by atoms with E-state index >= 15 is 0 Å². The van der Waals surface area contributed by atoms with Gasteiger partial charge < -0.3 is 0 Å². The predicted octanol–water partition coefficient (Wildman–Crippen LogP) is 5.28. The third-order valence-electron chi connectivity index (χ3n) is 8.65. The molecule has 0 saturated heterocycles. The van der Waals surface area contributed by atoms with Crippen LogP contribution in [-0.4, -0.2) is 63.3 Å². The van der Waals surface area contributed by atoms with Gasteiger partial charge in [-0.05, 0) is 86.4 Å². The van der Waals surface area contributed by atoms with Crippen molar-refractivity contribution in [2.75, 3.05) is 13.1 Å². The van der Waals surface area contributed by atoms with Crippen LogP contribution in [0.4, 0.5) is 13.2 Å². The molecule has 0 unspecified atom stereocenters. The molecule has 8 rings (SSSR count). The minimum absolute atomic E-state index is 0.0742. The van der Waals surface area contributed by atoms with Crippen LogP contribution in [-0.2, 0) is 26.2 Å². The highest BCUT2D eigenvalue weighted by atomic mass is 19.1. The third kappa shape index (κ3) is 6.87. The second-order valence-electron chi connectivity index (χ2n) is 12.0. The van der Waals surface area contributed by atoms with Gasteiger partial charge in [-0.2, -0.15) is 0 Å². The third-order valence-corrected chi connectivity index (χ3v) is 8.65. The van der Waals surface area contributed by atoms with E-state index in [2.05, 4.69) is 72.0 Å². The largest absolute Gasteiger partial charge is 0.284 e. The van der Waals surface area contributed by atoms with Gasteiger partial charge in [0.15, 0.2) is 11.6 Å². The summed E-state index contributed by atoms with van der Waals surface area (Å²) in [6.07, 6.45) is 0. The number of halogens is 3. The standard InChI is InChI=1S/C18H18FN5.C17H15F2N5/c1-13-3-2-4-14(11-13)12-23-9-10-24-18(20-21-22-24)17(23)15-5-7-16(19)8-6-15;18-14-6-4-12(5-7-14)11-23-8-9-24-17(20-21-22-24)16(23)13-2-1-3-15(19)10-13/h2-8,11,17H,9-10,12H2,1H3;1-7,10,16H,8-9,11H2/t17-;16-/m00/s1. The smallest absolute Gasteiger partial charge is 0.173 e. The average molecular weight is 651 g/mol. The van der Waals surface area contributed by atoms with E-state index < -0.39 is 0 Å². The number of aromatic nitrogens is 8. The second kappa shape index (κ2) is 13.8. The Hall–Kier alpha value is -5.27.